The molecule has 2 aromatic rings. The molecule has 7 heteroatoms. The van der Waals surface area contributed by atoms with E-state index >= 15 is 0 Å². The first-order chi connectivity index (χ1) is 12.1. The van der Waals surface area contributed by atoms with Gasteiger partial charge in [0.15, 0.2) is 0 Å². The summed E-state index contributed by atoms with van der Waals surface area (Å²) in [7, 11) is 1.74. The number of aromatic nitrogens is 2. The van der Waals surface area contributed by atoms with Crippen LogP contribution in [0.5, 0.6) is 0 Å². The van der Waals surface area contributed by atoms with Gasteiger partial charge in [-0.3, -0.25) is 9.48 Å². The Hall–Kier alpha value is -2.83. The highest BCUT2D eigenvalue weighted by molar-refractivity contribution is 5.76. The predicted molar refractivity (Wildman–Crippen MR) is 93.9 cm³/mol. The molecule has 0 saturated heterocycles. The van der Waals surface area contributed by atoms with Crippen LogP contribution >= 0.6 is 0 Å². The van der Waals surface area contributed by atoms with Gasteiger partial charge in [-0.05, 0) is 12.5 Å². The van der Waals surface area contributed by atoms with E-state index in [1.807, 2.05) is 41.2 Å². The summed E-state index contributed by atoms with van der Waals surface area (Å²) in [5, 5.41) is 6.87. The van der Waals surface area contributed by atoms with Crippen LogP contribution in [0.4, 0.5) is 4.79 Å². The normalized spacial score (nSPS) is 10.3. The molecule has 0 fully saturated rings. The van der Waals surface area contributed by atoms with Crippen LogP contribution in [0.25, 0.3) is 0 Å². The van der Waals surface area contributed by atoms with Crippen molar-refractivity contribution >= 4 is 12.0 Å². The van der Waals surface area contributed by atoms with E-state index in [1.54, 1.807) is 25.1 Å². The third kappa shape index (κ3) is 6.29. The predicted octanol–water partition coefficient (Wildman–Crippen LogP) is 2.03. The van der Waals surface area contributed by atoms with Crippen molar-refractivity contribution in [2.24, 2.45) is 0 Å². The van der Waals surface area contributed by atoms with Gasteiger partial charge in [0.05, 0.1) is 19.3 Å². The summed E-state index contributed by atoms with van der Waals surface area (Å²) in [6.45, 7) is 3.48. The first kappa shape index (κ1) is 18.5. The number of alkyl carbamates (subject to hydrolysis) is 1. The van der Waals surface area contributed by atoms with Crippen molar-refractivity contribution in [1.82, 2.24) is 20.0 Å². The quantitative estimate of drug-likeness (QED) is 0.795. The smallest absolute Gasteiger partial charge is 0.407 e. The number of carbonyl (C=O) groups is 2. The van der Waals surface area contributed by atoms with Crippen molar-refractivity contribution in [3.05, 3.63) is 53.9 Å². The number of nitrogens with zero attached hydrogens (tertiary/aromatic N) is 3. The SMILES string of the molecule is CCOC(=O)NCCC(=O)N(C)Cc1cnn(Cc2ccccc2)c1. The van der Waals surface area contributed by atoms with E-state index < -0.39 is 6.09 Å². The number of hydrogen-bond acceptors (Lipinski definition) is 4. The average Bonchev–Trinajstić information content (AvgIpc) is 3.02. The molecule has 2 amide bonds. The van der Waals surface area contributed by atoms with Gasteiger partial charge in [0.25, 0.3) is 0 Å². The molecule has 134 valence electrons. The molecule has 1 aromatic heterocycles. The van der Waals surface area contributed by atoms with Crippen molar-refractivity contribution in [3.63, 3.8) is 0 Å². The zero-order valence-corrected chi connectivity index (χ0v) is 14.6. The third-order valence-corrected chi connectivity index (χ3v) is 3.60. The Morgan fingerprint density at radius 3 is 2.72 bits per heavy atom. The highest BCUT2D eigenvalue weighted by atomic mass is 16.5. The lowest BCUT2D eigenvalue weighted by Gasteiger charge is -2.16. The van der Waals surface area contributed by atoms with Gasteiger partial charge in [0, 0.05) is 38.3 Å². The minimum absolute atomic E-state index is 0.0485. The molecule has 0 aliphatic heterocycles. The van der Waals surface area contributed by atoms with Crippen LogP contribution in [0, 0.1) is 0 Å². The van der Waals surface area contributed by atoms with Gasteiger partial charge < -0.3 is 15.0 Å². The molecule has 0 saturated carbocycles. The van der Waals surface area contributed by atoms with Crippen molar-refractivity contribution in [2.45, 2.75) is 26.4 Å². The van der Waals surface area contributed by atoms with Gasteiger partial charge in [-0.1, -0.05) is 30.3 Å². The fraction of sp³-hybridized carbons (Fsp3) is 0.389. The van der Waals surface area contributed by atoms with Crippen LogP contribution < -0.4 is 5.32 Å². The fourth-order valence-electron chi connectivity index (χ4n) is 2.35. The maximum absolute atomic E-state index is 12.1. The fourth-order valence-corrected chi connectivity index (χ4v) is 2.35. The van der Waals surface area contributed by atoms with Gasteiger partial charge >= 0.3 is 6.09 Å². The molecule has 0 spiro atoms. The van der Waals surface area contributed by atoms with Crippen LogP contribution in [-0.2, 0) is 22.6 Å². The largest absolute Gasteiger partial charge is 0.450 e. The highest BCUT2D eigenvalue weighted by Crippen LogP contribution is 2.06. The molecular weight excluding hydrogens is 320 g/mol. The Morgan fingerprint density at radius 2 is 2.00 bits per heavy atom. The lowest BCUT2D eigenvalue weighted by atomic mass is 10.2. The van der Waals surface area contributed by atoms with E-state index in [-0.39, 0.29) is 18.9 Å². The van der Waals surface area contributed by atoms with Crippen LogP contribution in [-0.4, -0.2) is 46.9 Å². The molecule has 7 nitrogen and oxygen atoms in total. The summed E-state index contributed by atoms with van der Waals surface area (Å²) >= 11 is 0. The number of rotatable bonds is 8. The van der Waals surface area contributed by atoms with E-state index in [9.17, 15) is 9.59 Å². The van der Waals surface area contributed by atoms with Crippen molar-refractivity contribution in [3.8, 4) is 0 Å². The van der Waals surface area contributed by atoms with Gasteiger partial charge in [-0.25, -0.2) is 4.79 Å². The number of nitrogens with one attached hydrogen (secondary N) is 1. The molecule has 0 aliphatic carbocycles. The number of benzene rings is 1. The average molecular weight is 344 g/mol. The molecule has 0 unspecified atom stereocenters. The van der Waals surface area contributed by atoms with Gasteiger partial charge in [-0.15, -0.1) is 0 Å². The molecule has 1 N–H and O–H groups in total. The first-order valence-corrected chi connectivity index (χ1v) is 8.28. The second-order valence-corrected chi connectivity index (χ2v) is 5.68. The maximum Gasteiger partial charge on any atom is 0.407 e. The zero-order valence-electron chi connectivity index (χ0n) is 14.6. The number of hydrogen-bond donors (Lipinski definition) is 1. The molecule has 0 bridgehead atoms. The number of amides is 2. The Kier molecular flexibility index (Phi) is 7.00. The maximum atomic E-state index is 12.1. The molecular formula is C18H24N4O3. The standard InChI is InChI=1S/C18H24N4O3/c1-3-25-18(24)19-10-9-17(23)21(2)12-16-11-20-22(14-16)13-15-7-5-4-6-8-15/h4-8,11,14H,3,9-10,12-13H2,1-2H3,(H,19,24). The molecule has 2 rings (SSSR count). The van der Waals surface area contributed by atoms with Gasteiger partial charge in [-0.2, -0.15) is 5.10 Å². The van der Waals surface area contributed by atoms with Crippen molar-refractivity contribution in [2.75, 3.05) is 20.2 Å². The molecule has 0 aliphatic rings. The summed E-state index contributed by atoms with van der Waals surface area (Å²) in [5.74, 6) is -0.0485. The second kappa shape index (κ2) is 9.46. The van der Waals surface area contributed by atoms with E-state index in [1.165, 1.54) is 5.56 Å². The first-order valence-electron chi connectivity index (χ1n) is 8.28. The monoisotopic (exact) mass is 344 g/mol. The van der Waals surface area contributed by atoms with Crippen LogP contribution in [0.2, 0.25) is 0 Å². The zero-order chi connectivity index (χ0) is 18.1. The molecule has 25 heavy (non-hydrogen) atoms. The van der Waals surface area contributed by atoms with Gasteiger partial charge in [0.2, 0.25) is 5.91 Å². The lowest BCUT2D eigenvalue weighted by Crippen LogP contribution is -2.32. The van der Waals surface area contributed by atoms with Gasteiger partial charge in [0.1, 0.15) is 0 Å². The lowest BCUT2D eigenvalue weighted by molar-refractivity contribution is -0.130. The van der Waals surface area contributed by atoms with Crippen molar-refractivity contribution in [1.29, 1.82) is 0 Å². The third-order valence-electron chi connectivity index (χ3n) is 3.60. The molecule has 1 aromatic carbocycles. The second-order valence-electron chi connectivity index (χ2n) is 5.68. The topological polar surface area (TPSA) is 76.5 Å². The molecule has 0 atom stereocenters. The Morgan fingerprint density at radius 1 is 1.24 bits per heavy atom. The van der Waals surface area contributed by atoms with E-state index in [2.05, 4.69) is 10.4 Å². The number of carbonyl (C=O) groups excluding carboxylic acids is 2. The Bertz CT molecular complexity index is 685. The van der Waals surface area contributed by atoms with E-state index in [0.717, 1.165) is 5.56 Å². The van der Waals surface area contributed by atoms with Crippen molar-refractivity contribution < 1.29 is 14.3 Å². The summed E-state index contributed by atoms with van der Waals surface area (Å²) < 4.78 is 6.60. The highest BCUT2D eigenvalue weighted by Gasteiger charge is 2.11. The van der Waals surface area contributed by atoms with Crippen LogP contribution in [0.3, 0.4) is 0 Å². The molecule has 0 radical (unpaired) electrons. The minimum Gasteiger partial charge on any atom is -0.450 e. The minimum atomic E-state index is -0.500. The van der Waals surface area contributed by atoms with Crippen LogP contribution in [0.1, 0.15) is 24.5 Å². The summed E-state index contributed by atoms with van der Waals surface area (Å²) in [4.78, 5) is 24.9. The molecule has 1 heterocycles. The Balaban J connectivity index is 1.77. The van der Waals surface area contributed by atoms with Crippen LogP contribution in [0.15, 0.2) is 42.7 Å². The Labute approximate surface area is 147 Å². The van der Waals surface area contributed by atoms with E-state index in [0.29, 0.717) is 19.7 Å². The summed E-state index contributed by atoms with van der Waals surface area (Å²) in [5.41, 5.74) is 2.14. The summed E-state index contributed by atoms with van der Waals surface area (Å²) in [6.07, 6.45) is 3.44. The van der Waals surface area contributed by atoms with E-state index in [4.69, 9.17) is 4.74 Å². The summed E-state index contributed by atoms with van der Waals surface area (Å²) in [6, 6.07) is 10.1. The number of ether oxygens (including phenoxy) is 1.